The summed E-state index contributed by atoms with van der Waals surface area (Å²) in [4.78, 5) is 11.5. The van der Waals surface area contributed by atoms with Crippen LogP contribution in [0.25, 0.3) is 21.6 Å². The van der Waals surface area contributed by atoms with Crippen molar-refractivity contribution in [2.75, 3.05) is 7.05 Å². The van der Waals surface area contributed by atoms with E-state index in [1.165, 1.54) is 4.70 Å². The number of nitrogens with one attached hydrogen (secondary N) is 1. The fraction of sp³-hybridized carbons (Fsp3) is 0.211. The van der Waals surface area contributed by atoms with Crippen LogP contribution in [0.2, 0.25) is 0 Å². The summed E-state index contributed by atoms with van der Waals surface area (Å²) in [5.74, 6) is 0.772. The molecule has 2 aromatic carbocycles. The quantitative estimate of drug-likeness (QED) is 0.392. The van der Waals surface area contributed by atoms with E-state index in [0.717, 1.165) is 26.4 Å². The normalized spacial score (nSPS) is 12.7. The van der Waals surface area contributed by atoms with Gasteiger partial charge in [0.1, 0.15) is 5.01 Å². The van der Waals surface area contributed by atoms with Gasteiger partial charge in [-0.05, 0) is 50.5 Å². The third-order valence-corrected chi connectivity index (χ3v) is 6.54. The number of H-pyrrole nitrogens is 1. The van der Waals surface area contributed by atoms with Crippen molar-refractivity contribution in [2.24, 2.45) is 0 Å². The molecule has 0 bridgehead atoms. The van der Waals surface area contributed by atoms with Crippen LogP contribution in [-0.4, -0.2) is 31.7 Å². The van der Waals surface area contributed by atoms with E-state index in [0.29, 0.717) is 11.4 Å². The second-order valence-electron chi connectivity index (χ2n) is 6.38. The molecule has 0 radical (unpaired) electrons. The van der Waals surface area contributed by atoms with E-state index >= 15 is 0 Å². The molecular formula is C19H18BrN5S2. The van der Waals surface area contributed by atoms with E-state index < -0.39 is 0 Å². The van der Waals surface area contributed by atoms with Gasteiger partial charge in [0.05, 0.1) is 22.9 Å². The second-order valence-corrected chi connectivity index (χ2v) is 8.73. The zero-order chi connectivity index (χ0) is 19.0. The van der Waals surface area contributed by atoms with Gasteiger partial charge in [0, 0.05) is 10.0 Å². The van der Waals surface area contributed by atoms with Crippen LogP contribution < -0.4 is 0 Å². The molecule has 0 saturated carbocycles. The van der Waals surface area contributed by atoms with Crippen molar-refractivity contribution >= 4 is 49.7 Å². The predicted octanol–water partition coefficient (Wildman–Crippen LogP) is 5.63. The van der Waals surface area contributed by atoms with Crippen LogP contribution in [0.5, 0.6) is 0 Å². The molecule has 0 amide bonds. The van der Waals surface area contributed by atoms with Gasteiger partial charge in [0.25, 0.3) is 0 Å². The number of thiazole rings is 1. The van der Waals surface area contributed by atoms with Crippen LogP contribution in [0.4, 0.5) is 0 Å². The molecule has 0 aliphatic rings. The molecule has 138 valence electrons. The van der Waals surface area contributed by atoms with Gasteiger partial charge in [-0.1, -0.05) is 40.2 Å². The van der Waals surface area contributed by atoms with Gasteiger partial charge in [-0.3, -0.25) is 10.00 Å². The minimum atomic E-state index is 0.170. The molecule has 2 aromatic heterocycles. The molecule has 0 aliphatic carbocycles. The van der Waals surface area contributed by atoms with E-state index in [9.17, 15) is 0 Å². The number of aromatic nitrogens is 4. The Morgan fingerprint density at radius 1 is 1.19 bits per heavy atom. The van der Waals surface area contributed by atoms with Gasteiger partial charge in [0.2, 0.25) is 4.77 Å². The van der Waals surface area contributed by atoms with E-state index in [2.05, 4.69) is 57.0 Å². The molecule has 4 aromatic rings. The SMILES string of the molecule is C[C@H](c1nc2ccccc2s1)N(C)Cn1[nH]c(-c2ccc(Br)cc2)nc1=S. The molecule has 1 N–H and O–H groups in total. The van der Waals surface area contributed by atoms with E-state index in [-0.39, 0.29) is 6.04 Å². The van der Waals surface area contributed by atoms with Crippen molar-refractivity contribution in [3.05, 3.63) is 62.8 Å². The van der Waals surface area contributed by atoms with Crippen molar-refractivity contribution in [1.82, 2.24) is 24.6 Å². The molecule has 1 atom stereocenters. The van der Waals surface area contributed by atoms with Gasteiger partial charge < -0.3 is 0 Å². The van der Waals surface area contributed by atoms with Crippen LogP contribution >= 0.6 is 39.5 Å². The Hall–Kier alpha value is -1.87. The number of halogens is 1. The van der Waals surface area contributed by atoms with Crippen LogP contribution in [0.15, 0.2) is 53.0 Å². The van der Waals surface area contributed by atoms with Crippen molar-refractivity contribution in [1.29, 1.82) is 0 Å². The Morgan fingerprint density at radius 3 is 2.67 bits per heavy atom. The molecule has 5 nitrogen and oxygen atoms in total. The molecular weight excluding hydrogens is 442 g/mol. The number of rotatable bonds is 5. The number of hydrogen-bond donors (Lipinski definition) is 1. The number of nitrogens with zero attached hydrogens (tertiary/aromatic N) is 4. The minimum Gasteiger partial charge on any atom is -0.278 e. The minimum absolute atomic E-state index is 0.170. The van der Waals surface area contributed by atoms with Crippen LogP contribution in [-0.2, 0) is 6.67 Å². The Balaban J connectivity index is 1.54. The lowest BCUT2D eigenvalue weighted by molar-refractivity contribution is 0.195. The van der Waals surface area contributed by atoms with Crippen LogP contribution in [0, 0.1) is 4.77 Å². The van der Waals surface area contributed by atoms with Gasteiger partial charge in [-0.2, -0.15) is 4.98 Å². The van der Waals surface area contributed by atoms with Gasteiger partial charge in [-0.25, -0.2) is 9.67 Å². The second kappa shape index (κ2) is 7.63. The summed E-state index contributed by atoms with van der Waals surface area (Å²) in [6.07, 6.45) is 0. The summed E-state index contributed by atoms with van der Waals surface area (Å²) in [5.41, 5.74) is 2.05. The first kappa shape index (κ1) is 18.5. The lowest BCUT2D eigenvalue weighted by Crippen LogP contribution is -2.26. The maximum absolute atomic E-state index is 5.44. The molecule has 0 unspecified atom stereocenters. The van der Waals surface area contributed by atoms with Crippen molar-refractivity contribution < 1.29 is 0 Å². The largest absolute Gasteiger partial charge is 0.278 e. The fourth-order valence-corrected chi connectivity index (χ4v) is 4.34. The summed E-state index contributed by atoms with van der Waals surface area (Å²) in [7, 11) is 2.07. The Morgan fingerprint density at radius 2 is 1.93 bits per heavy atom. The number of aromatic amines is 1. The van der Waals surface area contributed by atoms with Crippen molar-refractivity contribution in [3.8, 4) is 11.4 Å². The smallest absolute Gasteiger partial charge is 0.217 e. The maximum atomic E-state index is 5.44. The monoisotopic (exact) mass is 459 g/mol. The Kier molecular flexibility index (Phi) is 5.23. The molecule has 0 aliphatic heterocycles. The molecule has 0 fully saturated rings. The summed E-state index contributed by atoms with van der Waals surface area (Å²) < 4.78 is 4.67. The highest BCUT2D eigenvalue weighted by Gasteiger charge is 2.17. The number of benzene rings is 2. The molecule has 2 heterocycles. The van der Waals surface area contributed by atoms with E-state index in [1.807, 2.05) is 41.1 Å². The highest BCUT2D eigenvalue weighted by atomic mass is 79.9. The summed E-state index contributed by atoms with van der Waals surface area (Å²) >= 11 is 10.6. The van der Waals surface area contributed by atoms with Gasteiger partial charge in [-0.15, -0.1) is 11.3 Å². The number of para-hydroxylation sites is 1. The highest BCUT2D eigenvalue weighted by molar-refractivity contribution is 9.10. The maximum Gasteiger partial charge on any atom is 0.217 e. The molecule has 0 saturated heterocycles. The highest BCUT2D eigenvalue weighted by Crippen LogP contribution is 2.29. The van der Waals surface area contributed by atoms with Gasteiger partial charge >= 0.3 is 0 Å². The average molecular weight is 460 g/mol. The van der Waals surface area contributed by atoms with Crippen LogP contribution in [0.1, 0.15) is 18.0 Å². The van der Waals surface area contributed by atoms with E-state index in [4.69, 9.17) is 17.2 Å². The van der Waals surface area contributed by atoms with Crippen molar-refractivity contribution in [3.63, 3.8) is 0 Å². The summed E-state index contributed by atoms with van der Waals surface area (Å²) in [6, 6.07) is 16.4. The first-order valence-corrected chi connectivity index (χ1v) is 10.5. The molecule has 27 heavy (non-hydrogen) atoms. The molecule has 0 spiro atoms. The first-order chi connectivity index (χ1) is 13.0. The topological polar surface area (TPSA) is 49.7 Å². The van der Waals surface area contributed by atoms with E-state index in [1.54, 1.807) is 11.3 Å². The Bertz CT molecular complexity index is 1100. The zero-order valence-corrected chi connectivity index (χ0v) is 18.1. The van der Waals surface area contributed by atoms with Gasteiger partial charge in [0.15, 0.2) is 5.82 Å². The summed E-state index contributed by atoms with van der Waals surface area (Å²) in [6.45, 7) is 2.77. The molecule has 4 rings (SSSR count). The third kappa shape index (κ3) is 3.89. The number of fused-ring (bicyclic) bond motifs is 1. The van der Waals surface area contributed by atoms with Crippen molar-refractivity contribution in [2.45, 2.75) is 19.6 Å². The lowest BCUT2D eigenvalue weighted by Gasteiger charge is -2.22. The predicted molar refractivity (Wildman–Crippen MR) is 116 cm³/mol. The number of hydrogen-bond acceptors (Lipinski definition) is 5. The zero-order valence-electron chi connectivity index (χ0n) is 14.9. The molecule has 8 heteroatoms. The fourth-order valence-electron chi connectivity index (χ4n) is 2.79. The standard InChI is InChI=1S/C19H18BrN5S2/c1-12(18-21-15-5-3-4-6-16(15)27-18)24(2)11-25-19(26)22-17(23-25)13-7-9-14(20)10-8-13/h3-10,12H,11H2,1-2H3,(H,22,23,26)/t12-/m1/s1. The average Bonchev–Trinajstić information content (AvgIpc) is 3.25. The summed E-state index contributed by atoms with van der Waals surface area (Å²) in [5, 5.41) is 4.40. The first-order valence-electron chi connectivity index (χ1n) is 8.50. The van der Waals surface area contributed by atoms with Crippen LogP contribution in [0.3, 0.4) is 0 Å². The lowest BCUT2D eigenvalue weighted by atomic mass is 10.2. The Labute approximate surface area is 174 Å². The third-order valence-electron chi connectivity index (χ3n) is 4.49.